The van der Waals surface area contributed by atoms with Crippen molar-refractivity contribution in [2.45, 2.75) is 114 Å². The number of nitrogens with one attached hydrogen (secondary N) is 4. The summed E-state index contributed by atoms with van der Waals surface area (Å²) in [6.07, 6.45) is 5.38. The molecule has 10 heteroatoms. The summed E-state index contributed by atoms with van der Waals surface area (Å²) >= 11 is 0. The van der Waals surface area contributed by atoms with Gasteiger partial charge in [0.05, 0.1) is 19.6 Å². The van der Waals surface area contributed by atoms with Gasteiger partial charge in [-0.1, -0.05) is 81.6 Å². The molecule has 0 radical (unpaired) electrons. The van der Waals surface area contributed by atoms with E-state index in [1.165, 1.54) is 33.1 Å². The maximum Gasteiger partial charge on any atom is 0.242 e. The average Bonchev–Trinajstić information content (AvgIpc) is 2.86. The smallest absolute Gasteiger partial charge is 0.242 e. The molecule has 0 rings (SSSR count). The van der Waals surface area contributed by atoms with E-state index in [4.69, 9.17) is 5.73 Å². The Morgan fingerprint density at radius 2 is 1.14 bits per heavy atom. The van der Waals surface area contributed by atoms with Crippen LogP contribution in [0, 0.1) is 5.92 Å². The van der Waals surface area contributed by atoms with Crippen LogP contribution in [0.1, 0.15) is 108 Å². The Labute approximate surface area is 227 Å². The van der Waals surface area contributed by atoms with Gasteiger partial charge < -0.3 is 27.0 Å². The quantitative estimate of drug-likeness (QED) is 0.259. The number of unbranched alkanes of at least 4 members (excludes halogenated alkanes) is 1. The highest BCUT2D eigenvalue weighted by Crippen LogP contribution is 2.04. The first-order valence-electron chi connectivity index (χ1n) is 13.6. The molecule has 0 aromatic carbocycles. The van der Waals surface area contributed by atoms with Crippen LogP contribution < -0.4 is 27.0 Å². The Morgan fingerprint density at radius 1 is 0.703 bits per heavy atom. The van der Waals surface area contributed by atoms with Crippen molar-refractivity contribution in [1.29, 1.82) is 0 Å². The molecule has 0 fully saturated rings. The molecule has 10 nitrogen and oxygen atoms in total. The number of Topliss-reactive ketones (excluding diaryl/α,β-unsaturated/α-hetero) is 1. The molecule has 6 N–H and O–H groups in total. The lowest BCUT2D eigenvalue weighted by Gasteiger charge is -2.20. The van der Waals surface area contributed by atoms with E-state index in [-0.39, 0.29) is 37.2 Å². The van der Waals surface area contributed by atoms with Crippen LogP contribution in [-0.4, -0.2) is 61.6 Å². The van der Waals surface area contributed by atoms with Gasteiger partial charge in [-0.2, -0.15) is 0 Å². The molecule has 0 spiro atoms. The lowest BCUT2D eigenvalue weighted by molar-refractivity contribution is -0.131. The number of rotatable bonds is 12. The zero-order valence-corrected chi connectivity index (χ0v) is 25.6. The molecule has 0 aliphatic heterocycles. The summed E-state index contributed by atoms with van der Waals surface area (Å²) in [4.78, 5) is 56.9. The van der Waals surface area contributed by atoms with Crippen molar-refractivity contribution in [1.82, 2.24) is 21.3 Å². The molecule has 0 bridgehead atoms. The van der Waals surface area contributed by atoms with E-state index >= 15 is 0 Å². The molecule has 0 heterocycles. The largest absolute Gasteiger partial charge is 0.347 e. The second-order valence-electron chi connectivity index (χ2n) is 8.35. The molecule has 0 aliphatic carbocycles. The summed E-state index contributed by atoms with van der Waals surface area (Å²) < 4.78 is 0. The summed E-state index contributed by atoms with van der Waals surface area (Å²) in [5, 5.41) is 9.62. The number of amides is 4. The first-order chi connectivity index (χ1) is 17.4. The molecule has 1 atom stereocenters. The fourth-order valence-corrected chi connectivity index (χ4v) is 1.73. The molecule has 4 amide bonds. The first-order valence-corrected chi connectivity index (χ1v) is 13.6. The van der Waals surface area contributed by atoms with Gasteiger partial charge in [-0.3, -0.25) is 24.0 Å². The molecular weight excluding hydrogens is 474 g/mol. The van der Waals surface area contributed by atoms with Gasteiger partial charge in [-0.25, -0.2) is 0 Å². The minimum atomic E-state index is -0.788. The van der Waals surface area contributed by atoms with Crippen LogP contribution in [0.4, 0.5) is 0 Å². The molecule has 0 unspecified atom stereocenters. The second-order valence-corrected chi connectivity index (χ2v) is 8.35. The molecular formula is C27H59N5O5. The van der Waals surface area contributed by atoms with E-state index in [0.717, 1.165) is 13.0 Å². The number of hydrogen-bond donors (Lipinski definition) is 5. The van der Waals surface area contributed by atoms with E-state index in [1.807, 2.05) is 27.7 Å². The van der Waals surface area contributed by atoms with Crippen molar-refractivity contribution in [3.05, 3.63) is 0 Å². The first kappa shape index (κ1) is 44.5. The monoisotopic (exact) mass is 533 g/mol. The van der Waals surface area contributed by atoms with E-state index < -0.39 is 23.8 Å². The maximum absolute atomic E-state index is 12.0. The number of carbonyl (C=O) groups is 5. The van der Waals surface area contributed by atoms with Crippen molar-refractivity contribution in [3.63, 3.8) is 0 Å². The van der Waals surface area contributed by atoms with Crippen LogP contribution in [0.5, 0.6) is 0 Å². The Kier molecular flexibility index (Phi) is 42.9. The Bertz CT molecular complexity index is 561. The van der Waals surface area contributed by atoms with Crippen LogP contribution in [0.3, 0.4) is 0 Å². The topological polar surface area (TPSA) is 159 Å². The van der Waals surface area contributed by atoms with Gasteiger partial charge in [0.25, 0.3) is 0 Å². The number of carbonyl (C=O) groups excluding carboxylic acids is 5. The Hall–Kier alpha value is -2.49. The third-order valence-corrected chi connectivity index (χ3v) is 3.60. The standard InChI is InChI=1S/C15H26N4O5.C4H10.C3H9N.C3H8.C2H6/c1-9(2)5-12(15(24)18-6-10(3)20)19-14(23)8-17-13(22)7-16-11(4)21;1-3-4-2;1-2-3-4;1-3-2;1-2/h9,12H,5-8H2,1-4H3,(H,16,21)(H,17,22)(H,18,24)(H,19,23);3-4H2,1-2H3;2-4H2,1H3;3H2,1-2H3;1-2H3/t12-;;;;/m1..../s1. The number of hydrogen-bond acceptors (Lipinski definition) is 6. The summed E-state index contributed by atoms with van der Waals surface area (Å²) in [5.41, 5.74) is 5.03. The predicted octanol–water partition coefficient (Wildman–Crippen LogP) is 3.08. The number of nitrogens with two attached hydrogens (primary N) is 1. The summed E-state index contributed by atoms with van der Waals surface area (Å²) in [7, 11) is 0. The van der Waals surface area contributed by atoms with Gasteiger partial charge in [0.15, 0.2) is 0 Å². The number of ketones is 1. The van der Waals surface area contributed by atoms with Gasteiger partial charge >= 0.3 is 0 Å². The highest BCUT2D eigenvalue weighted by atomic mass is 16.2. The highest BCUT2D eigenvalue weighted by Gasteiger charge is 2.22. The van der Waals surface area contributed by atoms with Crippen molar-refractivity contribution in [3.8, 4) is 0 Å². The van der Waals surface area contributed by atoms with Gasteiger partial charge in [0.1, 0.15) is 11.8 Å². The van der Waals surface area contributed by atoms with Crippen LogP contribution in [0.25, 0.3) is 0 Å². The minimum absolute atomic E-state index is 0.100. The molecule has 222 valence electrons. The summed E-state index contributed by atoms with van der Waals surface area (Å²) in [5.74, 6) is -1.89. The average molecular weight is 534 g/mol. The van der Waals surface area contributed by atoms with Gasteiger partial charge in [-0.15, -0.1) is 0 Å². The molecule has 0 aromatic rings. The third kappa shape index (κ3) is 47.3. The van der Waals surface area contributed by atoms with Gasteiger partial charge in [0, 0.05) is 6.92 Å². The molecule has 0 saturated heterocycles. The van der Waals surface area contributed by atoms with Crippen molar-refractivity contribution < 1.29 is 24.0 Å². The van der Waals surface area contributed by atoms with E-state index in [1.54, 1.807) is 0 Å². The normalized spacial score (nSPS) is 9.65. The zero-order valence-electron chi connectivity index (χ0n) is 25.6. The Morgan fingerprint density at radius 3 is 1.46 bits per heavy atom. The van der Waals surface area contributed by atoms with Gasteiger partial charge in [0.2, 0.25) is 23.6 Å². The predicted molar refractivity (Wildman–Crippen MR) is 154 cm³/mol. The van der Waals surface area contributed by atoms with E-state index in [9.17, 15) is 24.0 Å². The molecule has 0 aliphatic rings. The third-order valence-electron chi connectivity index (χ3n) is 3.60. The lowest BCUT2D eigenvalue weighted by atomic mass is 10.0. The lowest BCUT2D eigenvalue weighted by Crippen LogP contribution is -2.51. The van der Waals surface area contributed by atoms with Crippen molar-refractivity contribution in [2.24, 2.45) is 11.7 Å². The van der Waals surface area contributed by atoms with E-state index in [2.05, 4.69) is 55.9 Å². The van der Waals surface area contributed by atoms with Crippen LogP contribution >= 0.6 is 0 Å². The van der Waals surface area contributed by atoms with Crippen molar-refractivity contribution in [2.75, 3.05) is 26.2 Å². The maximum atomic E-state index is 12.0. The summed E-state index contributed by atoms with van der Waals surface area (Å²) in [6, 6.07) is -0.788. The zero-order chi connectivity index (χ0) is 30.2. The SMILES string of the molecule is CC.CC(=O)CNC(=O)[C@@H](CC(C)C)NC(=O)CNC(=O)CNC(C)=O.CCC.CCCC.CCCN. The molecule has 0 saturated carbocycles. The summed E-state index contributed by atoms with van der Waals surface area (Å²) in [6.45, 7) is 21.3. The van der Waals surface area contributed by atoms with Crippen LogP contribution in [-0.2, 0) is 24.0 Å². The van der Waals surface area contributed by atoms with Crippen molar-refractivity contribution >= 4 is 29.4 Å². The minimum Gasteiger partial charge on any atom is -0.347 e. The van der Waals surface area contributed by atoms with Crippen LogP contribution in [0.15, 0.2) is 0 Å². The Balaban J connectivity index is -0.000000217. The fraction of sp³-hybridized carbons (Fsp3) is 0.815. The second kappa shape index (κ2) is 35.7. The molecule has 37 heavy (non-hydrogen) atoms. The molecule has 0 aromatic heterocycles. The highest BCUT2D eigenvalue weighted by molar-refractivity contribution is 5.92. The fourth-order valence-electron chi connectivity index (χ4n) is 1.73. The van der Waals surface area contributed by atoms with Crippen LogP contribution in [0.2, 0.25) is 0 Å². The van der Waals surface area contributed by atoms with Gasteiger partial charge in [-0.05, 0) is 32.2 Å². The van der Waals surface area contributed by atoms with E-state index in [0.29, 0.717) is 6.42 Å².